The Kier molecular flexibility index (Phi) is 3.19. The summed E-state index contributed by atoms with van der Waals surface area (Å²) in [6, 6.07) is 3.74. The average Bonchev–Trinajstić information content (AvgIpc) is 2.54. The van der Waals surface area contributed by atoms with E-state index in [1.54, 1.807) is 7.11 Å². The van der Waals surface area contributed by atoms with Crippen LogP contribution in [0.2, 0.25) is 0 Å². The number of nitrogens with zero attached hydrogens (tertiary/aromatic N) is 1. The molecule has 0 spiro atoms. The molecule has 17 heavy (non-hydrogen) atoms. The summed E-state index contributed by atoms with van der Waals surface area (Å²) >= 11 is 0. The van der Waals surface area contributed by atoms with Crippen LogP contribution in [-0.4, -0.2) is 32.0 Å². The van der Waals surface area contributed by atoms with Gasteiger partial charge in [0, 0.05) is 20.3 Å². The van der Waals surface area contributed by atoms with E-state index in [-0.39, 0.29) is 5.56 Å². The van der Waals surface area contributed by atoms with Gasteiger partial charge in [0.1, 0.15) is 5.82 Å². The first-order valence-corrected chi connectivity index (χ1v) is 5.30. The number of hydrogen-bond acceptors (Lipinski definition) is 3. The van der Waals surface area contributed by atoms with Gasteiger partial charge in [0.25, 0.3) is 11.7 Å². The summed E-state index contributed by atoms with van der Waals surface area (Å²) in [4.78, 5) is 24.6. The highest BCUT2D eigenvalue weighted by Crippen LogP contribution is 2.29. The zero-order valence-corrected chi connectivity index (χ0v) is 9.40. The number of ketones is 1. The summed E-state index contributed by atoms with van der Waals surface area (Å²) in [6.07, 6.45) is 0.603. The van der Waals surface area contributed by atoms with Gasteiger partial charge in [0.2, 0.25) is 0 Å². The number of halogens is 1. The van der Waals surface area contributed by atoms with E-state index in [1.807, 2.05) is 0 Å². The first-order chi connectivity index (χ1) is 8.15. The quantitative estimate of drug-likeness (QED) is 0.587. The molecule has 0 radical (unpaired) electrons. The van der Waals surface area contributed by atoms with Crippen molar-refractivity contribution >= 4 is 17.4 Å². The van der Waals surface area contributed by atoms with Gasteiger partial charge in [-0.3, -0.25) is 9.59 Å². The minimum Gasteiger partial charge on any atom is -0.385 e. The molecule has 0 atom stereocenters. The SMILES string of the molecule is COCCCN1C(=O)C(=O)c2ccc(F)cc21. The van der Waals surface area contributed by atoms with Crippen molar-refractivity contribution in [2.45, 2.75) is 6.42 Å². The van der Waals surface area contributed by atoms with Crippen LogP contribution in [0.1, 0.15) is 16.8 Å². The number of anilines is 1. The zero-order chi connectivity index (χ0) is 12.4. The van der Waals surface area contributed by atoms with Crippen LogP contribution in [-0.2, 0) is 9.53 Å². The van der Waals surface area contributed by atoms with Gasteiger partial charge in [-0.2, -0.15) is 0 Å². The van der Waals surface area contributed by atoms with E-state index in [1.165, 1.54) is 23.1 Å². The summed E-state index contributed by atoms with van der Waals surface area (Å²) in [7, 11) is 1.56. The Morgan fingerprint density at radius 1 is 1.35 bits per heavy atom. The van der Waals surface area contributed by atoms with Gasteiger partial charge >= 0.3 is 0 Å². The molecule has 90 valence electrons. The van der Waals surface area contributed by atoms with E-state index < -0.39 is 17.5 Å². The normalized spacial score (nSPS) is 14.4. The van der Waals surface area contributed by atoms with Crippen molar-refractivity contribution in [2.75, 3.05) is 25.2 Å². The fourth-order valence-corrected chi connectivity index (χ4v) is 1.86. The highest BCUT2D eigenvalue weighted by Gasteiger charge is 2.35. The van der Waals surface area contributed by atoms with Crippen LogP contribution in [0.5, 0.6) is 0 Å². The zero-order valence-electron chi connectivity index (χ0n) is 9.40. The predicted molar refractivity (Wildman–Crippen MR) is 59.6 cm³/mol. The van der Waals surface area contributed by atoms with E-state index in [9.17, 15) is 14.0 Å². The molecule has 1 amide bonds. The maximum absolute atomic E-state index is 13.1. The van der Waals surface area contributed by atoms with Crippen LogP contribution in [0.25, 0.3) is 0 Å². The topological polar surface area (TPSA) is 46.6 Å². The molecule has 0 saturated heterocycles. The van der Waals surface area contributed by atoms with Crippen molar-refractivity contribution in [2.24, 2.45) is 0 Å². The van der Waals surface area contributed by atoms with Gasteiger partial charge in [-0.25, -0.2) is 4.39 Å². The molecule has 0 N–H and O–H groups in total. The maximum atomic E-state index is 13.1. The molecular formula is C12H12FNO3. The lowest BCUT2D eigenvalue weighted by atomic mass is 10.1. The third-order valence-corrected chi connectivity index (χ3v) is 2.66. The molecule has 0 bridgehead atoms. The van der Waals surface area contributed by atoms with E-state index >= 15 is 0 Å². The molecule has 5 heteroatoms. The Labute approximate surface area is 98.0 Å². The number of carbonyl (C=O) groups is 2. The number of ether oxygens (including phenoxy) is 1. The molecular weight excluding hydrogens is 225 g/mol. The molecule has 4 nitrogen and oxygen atoms in total. The minimum absolute atomic E-state index is 0.272. The monoisotopic (exact) mass is 237 g/mol. The summed E-state index contributed by atoms with van der Waals surface area (Å²) in [5, 5.41) is 0. The molecule has 1 aliphatic heterocycles. The molecule has 0 aromatic heterocycles. The van der Waals surface area contributed by atoms with Gasteiger partial charge in [-0.1, -0.05) is 0 Å². The van der Waals surface area contributed by atoms with Crippen LogP contribution in [0.3, 0.4) is 0 Å². The second-order valence-corrected chi connectivity index (χ2v) is 3.79. The van der Waals surface area contributed by atoms with Crippen molar-refractivity contribution in [3.8, 4) is 0 Å². The fourth-order valence-electron chi connectivity index (χ4n) is 1.86. The lowest BCUT2D eigenvalue weighted by Crippen LogP contribution is -2.31. The molecule has 1 aromatic carbocycles. The molecule has 1 aromatic rings. The smallest absolute Gasteiger partial charge is 0.299 e. The standard InChI is InChI=1S/C12H12FNO3/c1-17-6-2-5-14-10-7-8(13)3-4-9(10)11(15)12(14)16/h3-4,7H,2,5-6H2,1H3. The van der Waals surface area contributed by atoms with Crippen LogP contribution in [0, 0.1) is 5.82 Å². The third-order valence-electron chi connectivity index (χ3n) is 2.66. The van der Waals surface area contributed by atoms with Gasteiger partial charge < -0.3 is 9.64 Å². The molecule has 2 rings (SSSR count). The Morgan fingerprint density at radius 3 is 2.82 bits per heavy atom. The van der Waals surface area contributed by atoms with Crippen molar-refractivity contribution in [1.29, 1.82) is 0 Å². The van der Waals surface area contributed by atoms with E-state index in [0.29, 0.717) is 25.3 Å². The highest BCUT2D eigenvalue weighted by molar-refractivity contribution is 6.52. The maximum Gasteiger partial charge on any atom is 0.299 e. The fraction of sp³-hybridized carbons (Fsp3) is 0.333. The van der Waals surface area contributed by atoms with E-state index in [0.717, 1.165) is 0 Å². The van der Waals surface area contributed by atoms with Crippen LogP contribution >= 0.6 is 0 Å². The number of amides is 1. The molecule has 1 heterocycles. The summed E-state index contributed by atoms with van der Waals surface area (Å²) < 4.78 is 18.0. The Bertz CT molecular complexity index is 473. The molecule has 0 fully saturated rings. The van der Waals surface area contributed by atoms with Crippen LogP contribution in [0.15, 0.2) is 18.2 Å². The number of Topliss-reactive ketones (excluding diaryl/α,β-unsaturated/α-hetero) is 1. The average molecular weight is 237 g/mol. The minimum atomic E-state index is -0.596. The summed E-state index contributed by atoms with van der Waals surface area (Å²) in [5.41, 5.74) is 0.630. The van der Waals surface area contributed by atoms with Gasteiger partial charge in [0.05, 0.1) is 11.3 Å². The van der Waals surface area contributed by atoms with Crippen molar-refractivity contribution in [3.63, 3.8) is 0 Å². The van der Waals surface area contributed by atoms with Gasteiger partial charge in [-0.15, -0.1) is 0 Å². The van der Waals surface area contributed by atoms with E-state index in [4.69, 9.17) is 4.74 Å². The van der Waals surface area contributed by atoms with Gasteiger partial charge in [-0.05, 0) is 24.6 Å². The number of methoxy groups -OCH3 is 1. The number of hydrogen-bond donors (Lipinski definition) is 0. The summed E-state index contributed by atoms with van der Waals surface area (Å²) in [6.45, 7) is 0.845. The molecule has 0 aliphatic carbocycles. The van der Waals surface area contributed by atoms with Crippen molar-refractivity contribution in [3.05, 3.63) is 29.6 Å². The first-order valence-electron chi connectivity index (χ1n) is 5.30. The second kappa shape index (κ2) is 4.63. The predicted octanol–water partition coefficient (Wildman–Crippen LogP) is 1.39. The number of carbonyl (C=O) groups excluding carboxylic acids is 2. The molecule has 1 aliphatic rings. The Balaban J connectivity index is 2.26. The van der Waals surface area contributed by atoms with Crippen molar-refractivity contribution < 1.29 is 18.7 Å². The highest BCUT2D eigenvalue weighted by atomic mass is 19.1. The lowest BCUT2D eigenvalue weighted by molar-refractivity contribution is -0.114. The van der Waals surface area contributed by atoms with Gasteiger partial charge in [0.15, 0.2) is 0 Å². The Morgan fingerprint density at radius 2 is 2.12 bits per heavy atom. The number of fused-ring (bicyclic) bond motifs is 1. The number of rotatable bonds is 4. The molecule has 0 unspecified atom stereocenters. The van der Waals surface area contributed by atoms with Crippen LogP contribution < -0.4 is 4.90 Å². The van der Waals surface area contributed by atoms with Crippen LogP contribution in [0.4, 0.5) is 10.1 Å². The summed E-state index contributed by atoms with van der Waals surface area (Å²) in [5.74, 6) is -1.62. The number of benzene rings is 1. The largest absolute Gasteiger partial charge is 0.385 e. The van der Waals surface area contributed by atoms with Crippen molar-refractivity contribution in [1.82, 2.24) is 0 Å². The second-order valence-electron chi connectivity index (χ2n) is 3.79. The Hall–Kier alpha value is -1.75. The molecule has 0 saturated carbocycles. The first kappa shape index (κ1) is 11.7. The third kappa shape index (κ3) is 2.06. The lowest BCUT2D eigenvalue weighted by Gasteiger charge is -2.15. The van der Waals surface area contributed by atoms with E-state index in [2.05, 4.69) is 0 Å².